The number of carbonyl (C=O) groups excluding carboxylic acids is 1. The molecular weight excluding hydrogens is 247 g/mol. The van der Waals surface area contributed by atoms with Gasteiger partial charge in [-0.2, -0.15) is 5.10 Å². The molecule has 0 atom stereocenters. The molecule has 0 unspecified atom stereocenters. The van der Waals surface area contributed by atoms with E-state index in [0.29, 0.717) is 13.0 Å². The van der Waals surface area contributed by atoms with Gasteiger partial charge >= 0.3 is 0 Å². The monoisotopic (exact) mass is 262 g/mol. The summed E-state index contributed by atoms with van der Waals surface area (Å²) >= 11 is 0. The van der Waals surface area contributed by atoms with Gasteiger partial charge in [0.05, 0.1) is 5.56 Å². The minimum atomic E-state index is -0.455. The van der Waals surface area contributed by atoms with Gasteiger partial charge in [-0.1, -0.05) is 0 Å². The molecule has 1 aromatic carbocycles. The van der Waals surface area contributed by atoms with Gasteiger partial charge in [0.25, 0.3) is 5.91 Å². The third kappa shape index (κ3) is 3.09. The van der Waals surface area contributed by atoms with Gasteiger partial charge in [0.2, 0.25) is 0 Å². The highest BCUT2D eigenvalue weighted by molar-refractivity contribution is 5.99. The van der Waals surface area contributed by atoms with Crippen LogP contribution in [0.2, 0.25) is 0 Å². The number of rotatable bonds is 4. The second kappa shape index (κ2) is 5.51. The predicted octanol–water partition coefficient (Wildman–Crippen LogP) is 1.11. The highest BCUT2D eigenvalue weighted by Gasteiger charge is 2.10. The van der Waals surface area contributed by atoms with Crippen molar-refractivity contribution in [2.75, 3.05) is 12.3 Å². The lowest BCUT2D eigenvalue weighted by molar-refractivity contribution is 0.0955. The lowest BCUT2D eigenvalue weighted by Gasteiger charge is -2.07. The van der Waals surface area contributed by atoms with Gasteiger partial charge in [0.1, 0.15) is 5.82 Å². The number of nitrogens with one attached hydrogen (secondary N) is 1. The van der Waals surface area contributed by atoms with Crippen LogP contribution in [0.15, 0.2) is 30.5 Å². The van der Waals surface area contributed by atoms with E-state index in [4.69, 9.17) is 5.73 Å². The van der Waals surface area contributed by atoms with Crippen molar-refractivity contribution in [1.82, 2.24) is 15.1 Å². The highest BCUT2D eigenvalue weighted by atomic mass is 19.1. The van der Waals surface area contributed by atoms with Gasteiger partial charge in [-0.3, -0.25) is 9.48 Å². The molecule has 100 valence electrons. The summed E-state index contributed by atoms with van der Waals surface area (Å²) in [5.41, 5.74) is 7.04. The Morgan fingerprint density at radius 1 is 1.47 bits per heavy atom. The highest BCUT2D eigenvalue weighted by Crippen LogP contribution is 2.13. The third-order valence-corrected chi connectivity index (χ3v) is 2.85. The average Bonchev–Trinajstić information content (AvgIpc) is 2.75. The molecule has 1 heterocycles. The van der Waals surface area contributed by atoms with E-state index in [2.05, 4.69) is 10.4 Å². The Hall–Kier alpha value is -2.37. The van der Waals surface area contributed by atoms with E-state index in [1.807, 2.05) is 13.1 Å². The smallest absolute Gasteiger partial charge is 0.253 e. The van der Waals surface area contributed by atoms with Crippen molar-refractivity contribution in [2.45, 2.75) is 6.42 Å². The van der Waals surface area contributed by atoms with Crippen LogP contribution in [0.3, 0.4) is 0 Å². The number of halogens is 1. The zero-order chi connectivity index (χ0) is 13.8. The van der Waals surface area contributed by atoms with E-state index in [-0.39, 0.29) is 17.2 Å². The summed E-state index contributed by atoms with van der Waals surface area (Å²) in [6.45, 7) is 0.467. The molecular formula is C13H15FN4O. The van der Waals surface area contributed by atoms with Crippen molar-refractivity contribution < 1.29 is 9.18 Å². The molecule has 0 saturated heterocycles. The number of benzene rings is 1. The maximum atomic E-state index is 12.9. The quantitative estimate of drug-likeness (QED) is 0.811. The minimum absolute atomic E-state index is 0.137. The SMILES string of the molecule is Cn1nccc1CCNC(=O)c1ccc(F)cc1N. The number of nitrogens with two attached hydrogens (primary N) is 1. The molecule has 5 nitrogen and oxygen atoms in total. The maximum absolute atomic E-state index is 12.9. The van der Waals surface area contributed by atoms with Gasteiger partial charge < -0.3 is 11.1 Å². The summed E-state index contributed by atoms with van der Waals surface area (Å²) in [6.07, 6.45) is 2.37. The van der Waals surface area contributed by atoms with Crippen LogP contribution in [-0.4, -0.2) is 22.2 Å². The van der Waals surface area contributed by atoms with Gasteiger partial charge in [-0.05, 0) is 24.3 Å². The number of aromatic nitrogens is 2. The van der Waals surface area contributed by atoms with E-state index in [1.165, 1.54) is 12.1 Å². The van der Waals surface area contributed by atoms with E-state index in [9.17, 15) is 9.18 Å². The van der Waals surface area contributed by atoms with Crippen LogP contribution < -0.4 is 11.1 Å². The molecule has 1 amide bonds. The third-order valence-electron chi connectivity index (χ3n) is 2.85. The first-order valence-electron chi connectivity index (χ1n) is 5.88. The molecule has 0 aliphatic rings. The predicted molar refractivity (Wildman–Crippen MR) is 70.1 cm³/mol. The standard InChI is InChI=1S/C13H15FN4O/c1-18-10(5-7-17-18)4-6-16-13(19)11-3-2-9(14)8-12(11)15/h2-3,5,7-8H,4,6,15H2,1H3,(H,16,19). The summed E-state index contributed by atoms with van der Waals surface area (Å²) in [5, 5.41) is 6.78. The minimum Gasteiger partial charge on any atom is -0.398 e. The summed E-state index contributed by atoms with van der Waals surface area (Å²) in [5.74, 6) is -0.761. The Morgan fingerprint density at radius 2 is 2.26 bits per heavy atom. The number of amides is 1. The van der Waals surface area contributed by atoms with Crippen LogP contribution in [0.25, 0.3) is 0 Å². The first-order valence-corrected chi connectivity index (χ1v) is 5.88. The Morgan fingerprint density at radius 3 is 2.89 bits per heavy atom. The van der Waals surface area contributed by atoms with Gasteiger partial charge in [0.15, 0.2) is 0 Å². The Kier molecular flexibility index (Phi) is 3.79. The number of nitrogen functional groups attached to an aromatic ring is 1. The van der Waals surface area contributed by atoms with E-state index >= 15 is 0 Å². The van der Waals surface area contributed by atoms with Crippen molar-refractivity contribution in [3.63, 3.8) is 0 Å². The van der Waals surface area contributed by atoms with Crippen molar-refractivity contribution >= 4 is 11.6 Å². The molecule has 0 aliphatic heterocycles. The average molecular weight is 262 g/mol. The Bertz CT molecular complexity index is 594. The van der Waals surface area contributed by atoms with Crippen LogP contribution >= 0.6 is 0 Å². The molecule has 0 bridgehead atoms. The van der Waals surface area contributed by atoms with E-state index < -0.39 is 5.82 Å². The van der Waals surface area contributed by atoms with Crippen molar-refractivity contribution in [2.24, 2.45) is 7.05 Å². The van der Waals surface area contributed by atoms with Crippen LogP contribution in [0.5, 0.6) is 0 Å². The number of anilines is 1. The molecule has 2 rings (SSSR count). The zero-order valence-corrected chi connectivity index (χ0v) is 10.6. The summed E-state index contributed by atoms with van der Waals surface area (Å²) in [4.78, 5) is 11.9. The normalized spacial score (nSPS) is 10.4. The lowest BCUT2D eigenvalue weighted by atomic mass is 10.1. The molecule has 0 fully saturated rings. The fourth-order valence-electron chi connectivity index (χ4n) is 1.79. The number of nitrogens with zero attached hydrogens (tertiary/aromatic N) is 2. The van der Waals surface area contributed by atoms with E-state index in [1.54, 1.807) is 10.9 Å². The zero-order valence-electron chi connectivity index (χ0n) is 10.6. The summed E-state index contributed by atoms with van der Waals surface area (Å²) < 4.78 is 14.6. The first-order chi connectivity index (χ1) is 9.08. The summed E-state index contributed by atoms with van der Waals surface area (Å²) in [6, 6.07) is 5.62. The van der Waals surface area contributed by atoms with Crippen molar-refractivity contribution in [1.29, 1.82) is 0 Å². The Balaban J connectivity index is 1.93. The number of carbonyl (C=O) groups is 1. The molecule has 6 heteroatoms. The first kappa shape index (κ1) is 13.1. The number of aryl methyl sites for hydroxylation is 1. The van der Waals surface area contributed by atoms with E-state index in [0.717, 1.165) is 11.8 Å². The topological polar surface area (TPSA) is 72.9 Å². The molecule has 19 heavy (non-hydrogen) atoms. The summed E-state index contributed by atoms with van der Waals surface area (Å²) in [7, 11) is 1.84. The molecule has 0 aliphatic carbocycles. The van der Waals surface area contributed by atoms with Gasteiger partial charge in [-0.25, -0.2) is 4.39 Å². The van der Waals surface area contributed by atoms with Crippen LogP contribution in [0.4, 0.5) is 10.1 Å². The molecule has 0 spiro atoms. The fraction of sp³-hybridized carbons (Fsp3) is 0.231. The van der Waals surface area contributed by atoms with Crippen molar-refractivity contribution in [3.8, 4) is 0 Å². The lowest BCUT2D eigenvalue weighted by Crippen LogP contribution is -2.27. The van der Waals surface area contributed by atoms with Crippen LogP contribution in [0.1, 0.15) is 16.1 Å². The molecule has 1 aromatic heterocycles. The second-order valence-electron chi connectivity index (χ2n) is 4.18. The molecule has 3 N–H and O–H groups in total. The van der Waals surface area contributed by atoms with Gasteiger partial charge in [0, 0.05) is 37.6 Å². The van der Waals surface area contributed by atoms with Crippen LogP contribution in [-0.2, 0) is 13.5 Å². The van der Waals surface area contributed by atoms with Crippen molar-refractivity contribution in [3.05, 3.63) is 47.5 Å². The largest absolute Gasteiger partial charge is 0.398 e. The number of hydrogen-bond acceptors (Lipinski definition) is 3. The maximum Gasteiger partial charge on any atom is 0.253 e. The second-order valence-corrected chi connectivity index (χ2v) is 4.18. The molecule has 2 aromatic rings. The van der Waals surface area contributed by atoms with Crippen LogP contribution in [0, 0.1) is 5.82 Å². The number of hydrogen-bond donors (Lipinski definition) is 2. The van der Waals surface area contributed by atoms with Gasteiger partial charge in [-0.15, -0.1) is 0 Å². The fourth-order valence-corrected chi connectivity index (χ4v) is 1.79. The Labute approximate surface area is 110 Å². The molecule has 0 saturated carbocycles. The molecule has 0 radical (unpaired) electrons.